The smallest absolute Gasteiger partial charge is 0.253 e. The molecule has 0 radical (unpaired) electrons. The third-order valence-electron chi connectivity index (χ3n) is 2.57. The number of hydrogen-bond acceptors (Lipinski definition) is 3. The fourth-order valence-corrected chi connectivity index (χ4v) is 2.40. The van der Waals surface area contributed by atoms with Crippen molar-refractivity contribution in [3.05, 3.63) is 33.8 Å². The predicted molar refractivity (Wildman–Crippen MR) is 75.6 cm³/mol. The Morgan fingerprint density at radius 3 is 2.56 bits per heavy atom. The Morgan fingerprint density at radius 1 is 1.39 bits per heavy atom. The highest BCUT2D eigenvalue weighted by Gasteiger charge is 2.15. The molecule has 0 atom stereocenters. The molecule has 0 aromatic heterocycles. The first-order valence-corrected chi connectivity index (χ1v) is 8.25. The van der Waals surface area contributed by atoms with E-state index >= 15 is 0 Å². The molecule has 0 saturated carbocycles. The van der Waals surface area contributed by atoms with Crippen molar-refractivity contribution in [1.29, 1.82) is 0 Å². The van der Waals surface area contributed by atoms with Gasteiger partial charge in [-0.15, -0.1) is 0 Å². The number of aryl methyl sites for hydroxylation is 1. The summed E-state index contributed by atoms with van der Waals surface area (Å²) in [6, 6.07) is 5.46. The molecule has 6 heteroatoms. The summed E-state index contributed by atoms with van der Waals surface area (Å²) >= 11 is 3.32. The molecular formula is C12H16BrNO3S. The quantitative estimate of drug-likeness (QED) is 0.845. The molecule has 0 unspecified atom stereocenters. The van der Waals surface area contributed by atoms with Crippen LogP contribution < -0.4 is 0 Å². The predicted octanol–water partition coefficient (Wildman–Crippen LogP) is 1.87. The highest BCUT2D eigenvalue weighted by Crippen LogP contribution is 2.17. The molecule has 100 valence electrons. The van der Waals surface area contributed by atoms with Gasteiger partial charge in [-0.1, -0.05) is 22.0 Å². The number of benzene rings is 1. The number of sulfone groups is 1. The summed E-state index contributed by atoms with van der Waals surface area (Å²) in [4.78, 5) is 13.6. The van der Waals surface area contributed by atoms with Gasteiger partial charge >= 0.3 is 0 Å². The van der Waals surface area contributed by atoms with Gasteiger partial charge in [0.2, 0.25) is 0 Å². The maximum absolute atomic E-state index is 12.1. The molecule has 0 N–H and O–H groups in total. The standard InChI is InChI=1S/C12H16BrNO3S/c1-9-4-5-10(13)8-11(9)12(15)14(2)6-7-18(3,16)17/h4-5,8H,6-7H2,1-3H3. The van der Waals surface area contributed by atoms with E-state index in [1.165, 1.54) is 4.90 Å². The normalized spacial score (nSPS) is 11.3. The largest absolute Gasteiger partial charge is 0.341 e. The van der Waals surface area contributed by atoms with Crippen molar-refractivity contribution in [1.82, 2.24) is 4.90 Å². The van der Waals surface area contributed by atoms with E-state index in [1.807, 2.05) is 19.1 Å². The van der Waals surface area contributed by atoms with Crippen molar-refractivity contribution in [2.24, 2.45) is 0 Å². The van der Waals surface area contributed by atoms with Gasteiger partial charge in [-0.05, 0) is 24.6 Å². The molecule has 0 spiro atoms. The molecular weight excluding hydrogens is 318 g/mol. The Hall–Kier alpha value is -0.880. The SMILES string of the molecule is Cc1ccc(Br)cc1C(=O)N(C)CCS(C)(=O)=O. The minimum atomic E-state index is -3.06. The van der Waals surface area contributed by atoms with Crippen LogP contribution in [0.25, 0.3) is 0 Å². The van der Waals surface area contributed by atoms with Crippen LogP contribution in [0, 0.1) is 6.92 Å². The lowest BCUT2D eigenvalue weighted by atomic mass is 10.1. The first kappa shape index (κ1) is 15.2. The number of amides is 1. The molecule has 1 aromatic rings. The highest BCUT2D eigenvalue weighted by atomic mass is 79.9. The van der Waals surface area contributed by atoms with Gasteiger partial charge < -0.3 is 4.90 Å². The first-order valence-electron chi connectivity index (χ1n) is 5.40. The number of rotatable bonds is 4. The van der Waals surface area contributed by atoms with Gasteiger partial charge in [0.15, 0.2) is 0 Å². The lowest BCUT2D eigenvalue weighted by Gasteiger charge is -2.18. The fourth-order valence-electron chi connectivity index (χ4n) is 1.43. The number of carbonyl (C=O) groups is 1. The summed E-state index contributed by atoms with van der Waals surface area (Å²) in [6.07, 6.45) is 1.16. The minimum Gasteiger partial charge on any atom is -0.341 e. The number of hydrogen-bond donors (Lipinski definition) is 0. The van der Waals surface area contributed by atoms with Crippen LogP contribution in [0.5, 0.6) is 0 Å². The molecule has 0 heterocycles. The van der Waals surface area contributed by atoms with Crippen molar-refractivity contribution >= 4 is 31.7 Å². The van der Waals surface area contributed by atoms with Crippen molar-refractivity contribution in [3.63, 3.8) is 0 Å². The molecule has 0 fully saturated rings. The van der Waals surface area contributed by atoms with Gasteiger partial charge in [-0.25, -0.2) is 8.42 Å². The lowest BCUT2D eigenvalue weighted by molar-refractivity contribution is 0.0802. The van der Waals surface area contributed by atoms with E-state index in [4.69, 9.17) is 0 Å². The number of carbonyl (C=O) groups excluding carboxylic acids is 1. The Labute approximate surface area is 116 Å². The molecule has 0 bridgehead atoms. The van der Waals surface area contributed by atoms with Gasteiger partial charge in [0, 0.05) is 29.9 Å². The van der Waals surface area contributed by atoms with Crippen LogP contribution in [0.3, 0.4) is 0 Å². The van der Waals surface area contributed by atoms with E-state index in [9.17, 15) is 13.2 Å². The average molecular weight is 334 g/mol. The maximum Gasteiger partial charge on any atom is 0.253 e. The summed E-state index contributed by atoms with van der Waals surface area (Å²) in [5.41, 5.74) is 1.45. The second-order valence-corrected chi connectivity index (χ2v) is 7.49. The summed E-state index contributed by atoms with van der Waals surface area (Å²) in [6.45, 7) is 2.05. The molecule has 0 saturated heterocycles. The highest BCUT2D eigenvalue weighted by molar-refractivity contribution is 9.10. The van der Waals surface area contributed by atoms with Crippen LogP contribution in [-0.2, 0) is 9.84 Å². The van der Waals surface area contributed by atoms with E-state index in [1.54, 1.807) is 13.1 Å². The van der Waals surface area contributed by atoms with E-state index < -0.39 is 9.84 Å². The van der Waals surface area contributed by atoms with Gasteiger partial charge in [-0.2, -0.15) is 0 Å². The van der Waals surface area contributed by atoms with Crippen LogP contribution in [0.2, 0.25) is 0 Å². The van der Waals surface area contributed by atoms with E-state index in [0.29, 0.717) is 5.56 Å². The zero-order valence-corrected chi connectivity index (χ0v) is 13.0. The zero-order valence-electron chi connectivity index (χ0n) is 10.6. The van der Waals surface area contributed by atoms with Crippen LogP contribution in [0.15, 0.2) is 22.7 Å². The van der Waals surface area contributed by atoms with E-state index in [0.717, 1.165) is 16.3 Å². The van der Waals surface area contributed by atoms with E-state index in [-0.39, 0.29) is 18.2 Å². The zero-order chi connectivity index (χ0) is 13.9. The fraction of sp³-hybridized carbons (Fsp3) is 0.417. The van der Waals surface area contributed by atoms with Gasteiger partial charge in [0.05, 0.1) is 5.75 Å². The summed E-state index contributed by atoms with van der Waals surface area (Å²) < 4.78 is 23.0. The van der Waals surface area contributed by atoms with Crippen molar-refractivity contribution < 1.29 is 13.2 Å². The maximum atomic E-state index is 12.1. The third kappa shape index (κ3) is 4.42. The molecule has 1 rings (SSSR count). The Balaban J connectivity index is 2.83. The molecule has 18 heavy (non-hydrogen) atoms. The summed E-state index contributed by atoms with van der Waals surface area (Å²) in [7, 11) is -1.45. The van der Waals surface area contributed by atoms with Crippen LogP contribution in [0.4, 0.5) is 0 Å². The Bertz CT molecular complexity index is 554. The molecule has 0 aliphatic carbocycles. The van der Waals surface area contributed by atoms with Crippen molar-refractivity contribution in [3.8, 4) is 0 Å². The first-order chi connectivity index (χ1) is 8.20. The monoisotopic (exact) mass is 333 g/mol. The van der Waals surface area contributed by atoms with Gasteiger partial charge in [0.1, 0.15) is 9.84 Å². The summed E-state index contributed by atoms with van der Waals surface area (Å²) in [5, 5.41) is 0. The summed E-state index contributed by atoms with van der Waals surface area (Å²) in [5.74, 6) is -0.195. The third-order valence-corrected chi connectivity index (χ3v) is 3.99. The second kappa shape index (κ2) is 5.84. The number of nitrogens with zero attached hydrogens (tertiary/aromatic N) is 1. The van der Waals surface area contributed by atoms with E-state index in [2.05, 4.69) is 15.9 Å². The molecule has 4 nitrogen and oxygen atoms in total. The lowest BCUT2D eigenvalue weighted by Crippen LogP contribution is -2.31. The minimum absolute atomic E-state index is 0.0255. The molecule has 0 aliphatic heterocycles. The van der Waals surface area contributed by atoms with Gasteiger partial charge in [-0.3, -0.25) is 4.79 Å². The second-order valence-electron chi connectivity index (χ2n) is 4.32. The Kier molecular flexibility index (Phi) is 4.92. The van der Waals surface area contributed by atoms with Gasteiger partial charge in [0.25, 0.3) is 5.91 Å². The Morgan fingerprint density at radius 2 is 2.00 bits per heavy atom. The average Bonchev–Trinajstić information content (AvgIpc) is 2.27. The number of halogens is 1. The van der Waals surface area contributed by atoms with Crippen LogP contribution in [0.1, 0.15) is 15.9 Å². The van der Waals surface area contributed by atoms with Crippen LogP contribution >= 0.6 is 15.9 Å². The van der Waals surface area contributed by atoms with Crippen LogP contribution in [-0.4, -0.2) is 44.8 Å². The molecule has 1 amide bonds. The molecule has 1 aromatic carbocycles. The topological polar surface area (TPSA) is 54.5 Å². The van der Waals surface area contributed by atoms with Crippen molar-refractivity contribution in [2.45, 2.75) is 6.92 Å². The molecule has 0 aliphatic rings. The van der Waals surface area contributed by atoms with Crippen molar-refractivity contribution in [2.75, 3.05) is 25.6 Å².